The molecule has 17 heavy (non-hydrogen) atoms. The largest absolute Gasteiger partial charge is 0.352 e. The maximum atomic E-state index is 4.49. The highest BCUT2D eigenvalue weighted by Gasteiger charge is 2.10. The van der Waals surface area contributed by atoms with Crippen molar-refractivity contribution < 1.29 is 0 Å². The number of rotatable bonds is 2. The van der Waals surface area contributed by atoms with Crippen molar-refractivity contribution in [3.05, 3.63) is 33.8 Å². The summed E-state index contributed by atoms with van der Waals surface area (Å²) < 4.78 is 1.15. The second-order valence-corrected chi connectivity index (χ2v) is 5.28. The molecule has 0 fully saturated rings. The molecule has 1 N–H and O–H groups in total. The average molecular weight is 296 g/mol. The molecule has 0 bridgehead atoms. The highest BCUT2D eigenvalue weighted by atomic mass is 79.9. The van der Waals surface area contributed by atoms with Crippen molar-refractivity contribution >= 4 is 21.9 Å². The topological polar surface area (TPSA) is 27.6 Å². The van der Waals surface area contributed by atoms with Crippen LogP contribution in [0.5, 0.6) is 0 Å². The van der Waals surface area contributed by atoms with Gasteiger partial charge in [0.25, 0.3) is 0 Å². The number of benzene rings is 1. The quantitative estimate of drug-likeness (QED) is 0.908. The van der Waals surface area contributed by atoms with Crippen molar-refractivity contribution in [2.75, 3.05) is 20.1 Å². The summed E-state index contributed by atoms with van der Waals surface area (Å²) >= 11 is 3.58. The van der Waals surface area contributed by atoms with E-state index in [0.717, 1.165) is 36.5 Å². The third-order valence-electron chi connectivity index (χ3n) is 2.91. The van der Waals surface area contributed by atoms with Gasteiger partial charge in [-0.25, -0.2) is 0 Å². The molecule has 1 aromatic rings. The lowest BCUT2D eigenvalue weighted by Gasteiger charge is -2.25. The number of aryl methyl sites for hydroxylation is 1. The van der Waals surface area contributed by atoms with E-state index in [0.29, 0.717) is 0 Å². The van der Waals surface area contributed by atoms with E-state index in [4.69, 9.17) is 0 Å². The first kappa shape index (κ1) is 12.4. The van der Waals surface area contributed by atoms with E-state index in [1.165, 1.54) is 11.1 Å². The first-order valence-corrected chi connectivity index (χ1v) is 6.70. The van der Waals surface area contributed by atoms with Crippen LogP contribution in [0.25, 0.3) is 0 Å². The molecular formula is C13H18BrN3. The molecule has 1 aliphatic heterocycles. The summed E-state index contributed by atoms with van der Waals surface area (Å²) in [6, 6.07) is 6.40. The summed E-state index contributed by atoms with van der Waals surface area (Å²) in [5.41, 5.74) is 2.55. The van der Waals surface area contributed by atoms with Gasteiger partial charge in [-0.3, -0.25) is 4.99 Å². The molecule has 92 valence electrons. The molecule has 1 aliphatic rings. The molecule has 0 radical (unpaired) electrons. The highest BCUT2D eigenvalue weighted by molar-refractivity contribution is 9.10. The van der Waals surface area contributed by atoms with Crippen LogP contribution in [0.3, 0.4) is 0 Å². The Morgan fingerprint density at radius 3 is 3.06 bits per heavy atom. The van der Waals surface area contributed by atoms with Crippen LogP contribution in [0.4, 0.5) is 0 Å². The van der Waals surface area contributed by atoms with Crippen LogP contribution >= 0.6 is 15.9 Å². The Bertz CT molecular complexity index is 429. The number of nitrogens with zero attached hydrogens (tertiary/aromatic N) is 2. The summed E-state index contributed by atoms with van der Waals surface area (Å²) in [6.07, 6.45) is 1.15. The third-order valence-corrected chi connectivity index (χ3v) is 3.69. The smallest absolute Gasteiger partial charge is 0.193 e. The van der Waals surface area contributed by atoms with Crippen molar-refractivity contribution in [3.63, 3.8) is 0 Å². The van der Waals surface area contributed by atoms with Gasteiger partial charge in [-0.05, 0) is 25.0 Å². The molecule has 1 aromatic carbocycles. The molecule has 4 heteroatoms. The molecule has 1 heterocycles. The van der Waals surface area contributed by atoms with Gasteiger partial charge in [0.2, 0.25) is 0 Å². The fourth-order valence-electron chi connectivity index (χ4n) is 1.92. The van der Waals surface area contributed by atoms with Gasteiger partial charge in [-0.15, -0.1) is 0 Å². The summed E-state index contributed by atoms with van der Waals surface area (Å²) in [7, 11) is 2.08. The predicted molar refractivity (Wildman–Crippen MR) is 75.3 cm³/mol. The monoisotopic (exact) mass is 295 g/mol. The van der Waals surface area contributed by atoms with E-state index >= 15 is 0 Å². The average Bonchev–Trinajstić information content (AvgIpc) is 2.32. The fraction of sp³-hybridized carbons (Fsp3) is 0.462. The van der Waals surface area contributed by atoms with Gasteiger partial charge in [0.15, 0.2) is 5.96 Å². The second-order valence-electron chi connectivity index (χ2n) is 4.43. The van der Waals surface area contributed by atoms with Crippen LogP contribution in [0.15, 0.2) is 27.7 Å². The van der Waals surface area contributed by atoms with Gasteiger partial charge >= 0.3 is 0 Å². The zero-order chi connectivity index (χ0) is 12.3. The van der Waals surface area contributed by atoms with E-state index in [1.54, 1.807) is 0 Å². The summed E-state index contributed by atoms with van der Waals surface area (Å²) in [6.45, 7) is 4.94. The van der Waals surface area contributed by atoms with Crippen molar-refractivity contribution in [3.8, 4) is 0 Å². The highest BCUT2D eigenvalue weighted by Crippen LogP contribution is 2.18. The fourth-order valence-corrected chi connectivity index (χ4v) is 2.31. The van der Waals surface area contributed by atoms with Crippen molar-refractivity contribution in [1.29, 1.82) is 0 Å². The van der Waals surface area contributed by atoms with Gasteiger partial charge in [-0.2, -0.15) is 0 Å². The Labute approximate surface area is 111 Å². The molecule has 0 amide bonds. The number of halogens is 1. The maximum Gasteiger partial charge on any atom is 0.193 e. The number of guanidine groups is 1. The lowest BCUT2D eigenvalue weighted by atomic mass is 10.1. The number of nitrogens with one attached hydrogen (secondary N) is 1. The van der Waals surface area contributed by atoms with Gasteiger partial charge in [0.1, 0.15) is 0 Å². The van der Waals surface area contributed by atoms with E-state index in [1.807, 2.05) is 0 Å². The van der Waals surface area contributed by atoms with Crippen molar-refractivity contribution in [1.82, 2.24) is 10.2 Å². The van der Waals surface area contributed by atoms with Gasteiger partial charge in [-0.1, -0.05) is 33.6 Å². The molecule has 2 rings (SSSR count). The molecule has 0 spiro atoms. The van der Waals surface area contributed by atoms with Crippen LogP contribution in [-0.2, 0) is 6.54 Å². The van der Waals surface area contributed by atoms with Crippen LogP contribution in [0.1, 0.15) is 17.5 Å². The van der Waals surface area contributed by atoms with Crippen molar-refractivity contribution in [2.24, 2.45) is 4.99 Å². The minimum atomic E-state index is 0.811. The SMILES string of the molecule is Cc1ccc(Br)c(CNC2=NCCCN2C)c1. The minimum absolute atomic E-state index is 0.811. The number of aliphatic imine (C=N–C) groups is 1. The first-order chi connectivity index (χ1) is 8.16. The number of hydrogen-bond donors (Lipinski definition) is 1. The lowest BCUT2D eigenvalue weighted by molar-refractivity contribution is 0.446. The molecule has 0 saturated carbocycles. The first-order valence-electron chi connectivity index (χ1n) is 5.91. The van der Waals surface area contributed by atoms with E-state index in [-0.39, 0.29) is 0 Å². The molecule has 0 aromatic heterocycles. The second kappa shape index (κ2) is 5.54. The minimum Gasteiger partial charge on any atom is -0.352 e. The Kier molecular flexibility index (Phi) is 4.05. The van der Waals surface area contributed by atoms with Gasteiger partial charge in [0, 0.05) is 31.2 Å². The summed E-state index contributed by atoms with van der Waals surface area (Å²) in [4.78, 5) is 6.67. The molecule has 0 atom stereocenters. The molecular weight excluding hydrogens is 278 g/mol. The molecule has 0 aliphatic carbocycles. The third kappa shape index (κ3) is 3.22. The van der Waals surface area contributed by atoms with Gasteiger partial charge in [0.05, 0.1) is 0 Å². The maximum absolute atomic E-state index is 4.49. The molecule has 0 unspecified atom stereocenters. The lowest BCUT2D eigenvalue weighted by Crippen LogP contribution is -2.41. The van der Waals surface area contributed by atoms with E-state index in [9.17, 15) is 0 Å². The zero-order valence-electron chi connectivity index (χ0n) is 10.3. The predicted octanol–water partition coefficient (Wildman–Crippen LogP) is 2.54. The Morgan fingerprint density at radius 2 is 2.29 bits per heavy atom. The van der Waals surface area contributed by atoms with E-state index in [2.05, 4.69) is 63.3 Å². The summed E-state index contributed by atoms with van der Waals surface area (Å²) in [5.74, 6) is 1.00. The summed E-state index contributed by atoms with van der Waals surface area (Å²) in [5, 5.41) is 3.40. The van der Waals surface area contributed by atoms with Crippen molar-refractivity contribution in [2.45, 2.75) is 19.9 Å². The molecule has 3 nitrogen and oxygen atoms in total. The van der Waals surface area contributed by atoms with Crippen LogP contribution in [0.2, 0.25) is 0 Å². The van der Waals surface area contributed by atoms with E-state index < -0.39 is 0 Å². The standard InChI is InChI=1S/C13H18BrN3/c1-10-4-5-12(14)11(8-10)9-16-13-15-6-3-7-17(13)2/h4-5,8H,3,6-7,9H2,1-2H3,(H,15,16). The van der Waals surface area contributed by atoms with Crippen LogP contribution < -0.4 is 5.32 Å². The van der Waals surface area contributed by atoms with Gasteiger partial charge < -0.3 is 10.2 Å². The Morgan fingerprint density at radius 1 is 1.47 bits per heavy atom. The number of hydrogen-bond acceptors (Lipinski definition) is 3. The normalized spacial score (nSPS) is 15.7. The Hall–Kier alpha value is -1.03. The van der Waals surface area contributed by atoms with Crippen LogP contribution in [-0.4, -0.2) is 31.0 Å². The van der Waals surface area contributed by atoms with Crippen LogP contribution in [0, 0.1) is 6.92 Å². The Balaban J connectivity index is 2.02. The zero-order valence-corrected chi connectivity index (χ0v) is 11.9. The molecule has 0 saturated heterocycles.